The predicted molar refractivity (Wildman–Crippen MR) is 136 cm³/mol. The molecule has 3 atom stereocenters. The molecule has 2 aromatic carbocycles. The van der Waals surface area contributed by atoms with Crippen molar-refractivity contribution in [1.29, 1.82) is 0 Å². The third kappa shape index (κ3) is 6.53. The second-order valence-electron chi connectivity index (χ2n) is 8.78. The number of nitrogens with two attached hydrogens (primary N) is 1. The first-order chi connectivity index (χ1) is 17.8. The molecule has 0 spiro atoms. The van der Waals surface area contributed by atoms with Crippen LogP contribution in [0.3, 0.4) is 0 Å². The summed E-state index contributed by atoms with van der Waals surface area (Å²) >= 11 is 0. The number of H-pyrrole nitrogens is 2. The van der Waals surface area contributed by atoms with Gasteiger partial charge in [0.25, 0.3) is 0 Å². The van der Waals surface area contributed by atoms with Crippen molar-refractivity contribution in [3.05, 3.63) is 84.1 Å². The highest BCUT2D eigenvalue weighted by Crippen LogP contribution is 2.19. The summed E-state index contributed by atoms with van der Waals surface area (Å²) in [5.74, 6) is -2.40. The first-order valence-electron chi connectivity index (χ1n) is 11.7. The Morgan fingerprint density at radius 2 is 1.65 bits per heavy atom. The second kappa shape index (κ2) is 11.4. The van der Waals surface area contributed by atoms with Crippen LogP contribution in [0.1, 0.15) is 16.8 Å². The molecule has 2 amide bonds. The number of aromatic hydroxyl groups is 1. The van der Waals surface area contributed by atoms with E-state index < -0.39 is 35.9 Å². The Balaban J connectivity index is 1.46. The number of phenols is 1. The van der Waals surface area contributed by atoms with Gasteiger partial charge in [-0.15, -0.1) is 0 Å². The van der Waals surface area contributed by atoms with Crippen LogP contribution in [0.5, 0.6) is 5.75 Å². The lowest BCUT2D eigenvalue weighted by molar-refractivity contribution is -0.142. The van der Waals surface area contributed by atoms with E-state index in [1.54, 1.807) is 18.3 Å². The number of benzene rings is 2. The molecule has 0 radical (unpaired) electrons. The number of carboxylic acids is 1. The van der Waals surface area contributed by atoms with Crippen molar-refractivity contribution < 1.29 is 24.6 Å². The molecule has 3 unspecified atom stereocenters. The molecule has 0 fully saturated rings. The topological polar surface area (TPSA) is 186 Å². The maximum absolute atomic E-state index is 13.2. The molecule has 192 valence electrons. The number of nitrogens with one attached hydrogen (secondary N) is 4. The molecule has 0 aliphatic carbocycles. The Kier molecular flexibility index (Phi) is 7.84. The van der Waals surface area contributed by atoms with Gasteiger partial charge in [-0.25, -0.2) is 9.78 Å². The fourth-order valence-electron chi connectivity index (χ4n) is 4.07. The van der Waals surface area contributed by atoms with E-state index >= 15 is 0 Å². The number of carbonyl (C=O) groups is 3. The summed E-state index contributed by atoms with van der Waals surface area (Å²) in [7, 11) is 0. The quantitative estimate of drug-likeness (QED) is 0.159. The molecule has 0 aliphatic rings. The molecule has 2 heterocycles. The minimum Gasteiger partial charge on any atom is -0.508 e. The van der Waals surface area contributed by atoms with E-state index in [9.17, 15) is 24.6 Å². The van der Waals surface area contributed by atoms with Crippen LogP contribution in [0.25, 0.3) is 10.9 Å². The number of fused-ring (bicyclic) bond motifs is 1. The van der Waals surface area contributed by atoms with Gasteiger partial charge < -0.3 is 36.5 Å². The average molecular weight is 505 g/mol. The molecular weight excluding hydrogens is 476 g/mol. The molecular formula is C26H28N6O5. The zero-order chi connectivity index (χ0) is 26.4. The predicted octanol–water partition coefficient (Wildman–Crippen LogP) is 1.01. The second-order valence-corrected chi connectivity index (χ2v) is 8.78. The van der Waals surface area contributed by atoms with Gasteiger partial charge in [-0.2, -0.15) is 0 Å². The molecule has 37 heavy (non-hydrogen) atoms. The van der Waals surface area contributed by atoms with Crippen LogP contribution in [0.15, 0.2) is 67.3 Å². The van der Waals surface area contributed by atoms with E-state index in [2.05, 4.69) is 25.6 Å². The molecule has 0 aliphatic heterocycles. The number of rotatable bonds is 11. The minimum atomic E-state index is -1.25. The molecule has 4 rings (SSSR count). The van der Waals surface area contributed by atoms with Crippen molar-refractivity contribution in [3.63, 3.8) is 0 Å². The van der Waals surface area contributed by atoms with E-state index in [1.807, 2.05) is 24.3 Å². The van der Waals surface area contributed by atoms with Gasteiger partial charge in [0.05, 0.1) is 12.4 Å². The summed E-state index contributed by atoms with van der Waals surface area (Å²) < 4.78 is 0. The van der Waals surface area contributed by atoms with Crippen LogP contribution in [0, 0.1) is 0 Å². The number of carboxylic acid groups (broad SMARTS) is 1. The highest BCUT2D eigenvalue weighted by Gasteiger charge is 2.29. The van der Waals surface area contributed by atoms with E-state index in [0.29, 0.717) is 11.3 Å². The molecule has 4 aromatic rings. The molecule has 2 aromatic heterocycles. The summed E-state index contributed by atoms with van der Waals surface area (Å²) in [6.45, 7) is 0. The lowest BCUT2D eigenvalue weighted by Gasteiger charge is -2.23. The van der Waals surface area contributed by atoms with Crippen molar-refractivity contribution >= 4 is 28.7 Å². The number of amides is 2. The van der Waals surface area contributed by atoms with E-state index in [-0.39, 0.29) is 25.0 Å². The first-order valence-corrected chi connectivity index (χ1v) is 11.7. The van der Waals surface area contributed by atoms with E-state index in [0.717, 1.165) is 16.5 Å². The third-order valence-electron chi connectivity index (χ3n) is 6.05. The summed E-state index contributed by atoms with van der Waals surface area (Å²) in [5.41, 5.74) is 9.18. The Morgan fingerprint density at radius 3 is 2.35 bits per heavy atom. The Bertz CT molecular complexity index is 1370. The zero-order valence-corrected chi connectivity index (χ0v) is 19.8. The van der Waals surface area contributed by atoms with Crippen LogP contribution in [0.4, 0.5) is 0 Å². The van der Waals surface area contributed by atoms with Gasteiger partial charge in [-0.05, 0) is 35.7 Å². The normalized spacial score (nSPS) is 13.5. The summed E-state index contributed by atoms with van der Waals surface area (Å²) in [6.07, 6.45) is 5.05. The van der Waals surface area contributed by atoms with Crippen LogP contribution < -0.4 is 16.4 Å². The number of phenolic OH excluding ortho intramolecular Hbond substituents is 1. The molecule has 0 saturated heterocycles. The number of aromatic nitrogens is 3. The number of hydrogen-bond acceptors (Lipinski definition) is 6. The fourth-order valence-corrected chi connectivity index (χ4v) is 4.07. The maximum atomic E-state index is 13.2. The van der Waals surface area contributed by atoms with Crippen molar-refractivity contribution in [3.8, 4) is 5.75 Å². The van der Waals surface area contributed by atoms with Crippen LogP contribution in [0.2, 0.25) is 0 Å². The van der Waals surface area contributed by atoms with E-state index in [1.165, 1.54) is 24.7 Å². The van der Waals surface area contributed by atoms with Gasteiger partial charge in [0, 0.05) is 41.8 Å². The van der Waals surface area contributed by atoms with Crippen LogP contribution >= 0.6 is 0 Å². The van der Waals surface area contributed by atoms with Crippen molar-refractivity contribution in [2.45, 2.75) is 37.4 Å². The van der Waals surface area contributed by atoms with Gasteiger partial charge in [0.1, 0.15) is 17.8 Å². The number of hydrogen-bond donors (Lipinski definition) is 7. The minimum absolute atomic E-state index is 0.00778. The standard InChI is InChI=1S/C26H28N6O5/c27-20(10-16-12-29-21-4-2-1-3-19(16)21)24(34)31-22(11-17-13-28-14-30-17)25(35)32-23(26(36)37)9-15-5-7-18(33)8-6-15/h1-8,12-14,20,22-23,29,33H,9-11,27H2,(H,28,30)(H,31,34)(H,32,35)(H,36,37). The number of aliphatic carboxylic acids is 1. The van der Waals surface area contributed by atoms with Crippen molar-refractivity contribution in [2.24, 2.45) is 5.73 Å². The van der Waals surface area contributed by atoms with Crippen LogP contribution in [-0.2, 0) is 33.6 Å². The third-order valence-corrected chi connectivity index (χ3v) is 6.05. The van der Waals surface area contributed by atoms with E-state index in [4.69, 9.17) is 5.73 Å². The summed E-state index contributed by atoms with van der Waals surface area (Å²) in [6, 6.07) is 10.4. The Morgan fingerprint density at radius 1 is 0.919 bits per heavy atom. The maximum Gasteiger partial charge on any atom is 0.326 e. The van der Waals surface area contributed by atoms with Gasteiger partial charge in [-0.1, -0.05) is 30.3 Å². The Hall–Kier alpha value is -4.64. The van der Waals surface area contributed by atoms with Crippen molar-refractivity contribution in [2.75, 3.05) is 0 Å². The molecule has 0 bridgehead atoms. The summed E-state index contributed by atoms with van der Waals surface area (Å²) in [4.78, 5) is 48.0. The molecule has 8 N–H and O–H groups in total. The fraction of sp³-hybridized carbons (Fsp3) is 0.231. The van der Waals surface area contributed by atoms with Gasteiger partial charge in [0.2, 0.25) is 11.8 Å². The average Bonchev–Trinajstić information content (AvgIpc) is 3.54. The highest BCUT2D eigenvalue weighted by atomic mass is 16.4. The number of nitrogens with zero attached hydrogens (tertiary/aromatic N) is 1. The van der Waals surface area contributed by atoms with Crippen LogP contribution in [-0.4, -0.2) is 61.1 Å². The van der Waals surface area contributed by atoms with Gasteiger partial charge in [-0.3, -0.25) is 9.59 Å². The summed E-state index contributed by atoms with van der Waals surface area (Å²) in [5, 5.41) is 25.3. The highest BCUT2D eigenvalue weighted by molar-refractivity contribution is 5.92. The lowest BCUT2D eigenvalue weighted by atomic mass is 10.0. The van der Waals surface area contributed by atoms with Crippen molar-refractivity contribution in [1.82, 2.24) is 25.6 Å². The molecule has 11 heteroatoms. The van der Waals surface area contributed by atoms with Gasteiger partial charge >= 0.3 is 5.97 Å². The lowest BCUT2D eigenvalue weighted by Crippen LogP contribution is -2.56. The smallest absolute Gasteiger partial charge is 0.326 e. The largest absolute Gasteiger partial charge is 0.508 e. The Labute approximate surface area is 212 Å². The number of imidazole rings is 1. The van der Waals surface area contributed by atoms with Gasteiger partial charge in [0.15, 0.2) is 0 Å². The monoisotopic (exact) mass is 504 g/mol. The number of para-hydroxylation sites is 1. The molecule has 11 nitrogen and oxygen atoms in total. The first kappa shape index (κ1) is 25.5. The SMILES string of the molecule is NC(Cc1c[nH]c2ccccc12)C(=O)NC(Cc1cnc[nH]1)C(=O)NC(Cc1ccc(O)cc1)C(=O)O. The molecule has 0 saturated carbocycles. The number of aromatic amines is 2. The zero-order valence-electron chi connectivity index (χ0n) is 19.8. The number of carbonyl (C=O) groups excluding carboxylic acids is 2.